The van der Waals surface area contributed by atoms with Gasteiger partial charge in [0.15, 0.2) is 5.03 Å². The molecule has 0 bridgehead atoms. The number of benzene rings is 1. The zero-order chi connectivity index (χ0) is 22.0. The lowest BCUT2D eigenvalue weighted by Gasteiger charge is -2.37. The molecule has 2 saturated heterocycles. The molecule has 1 amide bonds. The predicted molar refractivity (Wildman–Crippen MR) is 119 cm³/mol. The average Bonchev–Trinajstić information content (AvgIpc) is 3.14. The maximum absolute atomic E-state index is 13.0. The molecule has 2 aliphatic rings. The van der Waals surface area contributed by atoms with Gasteiger partial charge in [-0.15, -0.1) is 0 Å². The third-order valence-corrected chi connectivity index (χ3v) is 8.56. The molecule has 3 heterocycles. The first-order valence-electron chi connectivity index (χ1n) is 11.2. The second-order valence-electron chi connectivity index (χ2n) is 8.87. The Balaban J connectivity index is 1.28. The molecule has 7 nitrogen and oxygen atoms in total. The van der Waals surface area contributed by atoms with E-state index >= 15 is 0 Å². The fraction of sp³-hybridized carbons (Fsp3) is 0.565. The first-order valence-corrected chi connectivity index (χ1v) is 12.6. The summed E-state index contributed by atoms with van der Waals surface area (Å²) in [5.74, 6) is 1.41. The lowest BCUT2D eigenvalue weighted by Crippen LogP contribution is -2.46. The lowest BCUT2D eigenvalue weighted by atomic mass is 9.89. The number of nitrogens with zero attached hydrogens (tertiary/aromatic N) is 4. The number of likely N-dealkylation sites (tertiary alicyclic amines) is 1. The van der Waals surface area contributed by atoms with Crippen LogP contribution in [0.2, 0.25) is 0 Å². The van der Waals surface area contributed by atoms with E-state index in [1.807, 2.05) is 11.0 Å². The highest BCUT2D eigenvalue weighted by molar-refractivity contribution is 7.89. The molecular formula is C23H32N4O3S. The van der Waals surface area contributed by atoms with E-state index in [4.69, 9.17) is 0 Å². The largest absolute Gasteiger partial charge is 0.342 e. The minimum atomic E-state index is -3.60. The average molecular weight is 445 g/mol. The van der Waals surface area contributed by atoms with Crippen LogP contribution in [-0.4, -0.2) is 59.3 Å². The quantitative estimate of drug-likeness (QED) is 0.710. The number of carbonyl (C=O) groups is 1. The third-order valence-electron chi connectivity index (χ3n) is 6.79. The van der Waals surface area contributed by atoms with Crippen LogP contribution in [0, 0.1) is 18.8 Å². The van der Waals surface area contributed by atoms with Gasteiger partial charge in [0.2, 0.25) is 5.91 Å². The summed E-state index contributed by atoms with van der Waals surface area (Å²) in [5.41, 5.74) is 1.36. The van der Waals surface area contributed by atoms with E-state index in [2.05, 4.69) is 29.2 Å². The summed E-state index contributed by atoms with van der Waals surface area (Å²) < 4.78 is 28.9. The van der Waals surface area contributed by atoms with E-state index in [1.165, 1.54) is 9.87 Å². The van der Waals surface area contributed by atoms with E-state index in [9.17, 15) is 13.2 Å². The summed E-state index contributed by atoms with van der Waals surface area (Å²) >= 11 is 0. The Morgan fingerprint density at radius 1 is 1.03 bits per heavy atom. The fourth-order valence-electron chi connectivity index (χ4n) is 4.69. The summed E-state index contributed by atoms with van der Waals surface area (Å²) in [6.07, 6.45) is 5.86. The number of amides is 1. The standard InChI is InChI=1S/C23H32N4O3S/c1-18-24-22(17-25(18)2)31(29,30)27-14-10-21(11-15-27)23(28)26-12-8-20(9-13-26)16-19-6-4-3-5-7-19/h3-7,17,20-21H,8-16H2,1-2H3. The monoisotopic (exact) mass is 444 g/mol. The Morgan fingerprint density at radius 3 is 2.26 bits per heavy atom. The van der Waals surface area contributed by atoms with Gasteiger partial charge in [-0.05, 0) is 50.5 Å². The summed E-state index contributed by atoms with van der Waals surface area (Å²) in [6, 6.07) is 10.5. The topological polar surface area (TPSA) is 75.5 Å². The lowest BCUT2D eigenvalue weighted by molar-refractivity contribution is -0.138. The van der Waals surface area contributed by atoms with Crippen LogP contribution in [0.3, 0.4) is 0 Å². The highest BCUT2D eigenvalue weighted by Crippen LogP contribution is 2.27. The van der Waals surface area contributed by atoms with Crippen molar-refractivity contribution < 1.29 is 13.2 Å². The summed E-state index contributed by atoms with van der Waals surface area (Å²) in [4.78, 5) is 19.2. The zero-order valence-corrected chi connectivity index (χ0v) is 19.2. The van der Waals surface area contributed by atoms with Gasteiger partial charge in [0.1, 0.15) is 5.82 Å². The molecule has 0 radical (unpaired) electrons. The van der Waals surface area contributed by atoms with E-state index in [-0.39, 0.29) is 16.9 Å². The summed E-state index contributed by atoms with van der Waals surface area (Å²) in [6.45, 7) is 4.15. The van der Waals surface area contributed by atoms with Crippen LogP contribution in [0.1, 0.15) is 37.1 Å². The Morgan fingerprint density at radius 2 is 1.68 bits per heavy atom. The number of aryl methyl sites for hydroxylation is 2. The molecule has 0 saturated carbocycles. The Kier molecular flexibility index (Phi) is 6.48. The number of aromatic nitrogens is 2. The molecule has 1 aromatic heterocycles. The van der Waals surface area contributed by atoms with Crippen molar-refractivity contribution in [1.29, 1.82) is 0 Å². The maximum atomic E-state index is 13.0. The molecule has 1 aromatic carbocycles. The van der Waals surface area contributed by atoms with E-state index in [1.54, 1.807) is 24.7 Å². The number of imidazole rings is 1. The van der Waals surface area contributed by atoms with Crippen LogP contribution in [0.25, 0.3) is 0 Å². The van der Waals surface area contributed by atoms with Crippen LogP contribution >= 0.6 is 0 Å². The normalized spacial score (nSPS) is 19.6. The van der Waals surface area contributed by atoms with Crippen molar-refractivity contribution in [3.63, 3.8) is 0 Å². The Hall–Kier alpha value is -2.19. The molecule has 168 valence electrons. The van der Waals surface area contributed by atoms with Crippen LogP contribution in [0.15, 0.2) is 41.6 Å². The molecule has 2 aliphatic heterocycles. The Labute approximate surface area is 185 Å². The highest BCUT2D eigenvalue weighted by atomic mass is 32.2. The van der Waals surface area contributed by atoms with Gasteiger partial charge in [0.25, 0.3) is 10.0 Å². The number of hydrogen-bond acceptors (Lipinski definition) is 4. The van der Waals surface area contributed by atoms with Gasteiger partial charge in [0.05, 0.1) is 0 Å². The highest BCUT2D eigenvalue weighted by Gasteiger charge is 2.35. The third kappa shape index (κ3) is 4.85. The summed E-state index contributed by atoms with van der Waals surface area (Å²) in [5, 5.41) is 0.0952. The van der Waals surface area contributed by atoms with E-state index < -0.39 is 10.0 Å². The number of piperidine rings is 2. The molecule has 0 aliphatic carbocycles. The number of sulfonamides is 1. The second kappa shape index (κ2) is 9.12. The zero-order valence-electron chi connectivity index (χ0n) is 18.4. The van der Waals surface area contributed by atoms with Gasteiger partial charge in [-0.2, -0.15) is 4.31 Å². The molecule has 31 heavy (non-hydrogen) atoms. The first-order chi connectivity index (χ1) is 14.8. The van der Waals surface area contributed by atoms with Crippen molar-refractivity contribution in [2.75, 3.05) is 26.2 Å². The van der Waals surface area contributed by atoms with Gasteiger partial charge in [-0.3, -0.25) is 4.79 Å². The SMILES string of the molecule is Cc1nc(S(=O)(=O)N2CCC(C(=O)N3CCC(Cc4ccccc4)CC3)CC2)cn1C. The van der Waals surface area contributed by atoms with Gasteiger partial charge >= 0.3 is 0 Å². The van der Waals surface area contributed by atoms with Crippen LogP contribution in [0.5, 0.6) is 0 Å². The van der Waals surface area contributed by atoms with Crippen LogP contribution < -0.4 is 0 Å². The molecule has 2 aromatic rings. The number of hydrogen-bond donors (Lipinski definition) is 0. The molecule has 8 heteroatoms. The summed E-state index contributed by atoms with van der Waals surface area (Å²) in [7, 11) is -1.81. The molecular weight excluding hydrogens is 412 g/mol. The Bertz CT molecular complexity index is 983. The predicted octanol–water partition coefficient (Wildman–Crippen LogP) is 2.61. The smallest absolute Gasteiger partial charge is 0.262 e. The molecule has 0 N–H and O–H groups in total. The van der Waals surface area contributed by atoms with Gasteiger partial charge in [-0.1, -0.05) is 30.3 Å². The number of carbonyl (C=O) groups excluding carboxylic acids is 1. The van der Waals surface area contributed by atoms with Gasteiger partial charge in [0, 0.05) is 45.3 Å². The molecule has 0 spiro atoms. The fourth-order valence-corrected chi connectivity index (χ4v) is 6.18. The van der Waals surface area contributed by atoms with E-state index in [0.29, 0.717) is 37.7 Å². The minimum absolute atomic E-state index is 0.0809. The molecule has 0 atom stereocenters. The van der Waals surface area contributed by atoms with Crippen molar-refractivity contribution >= 4 is 15.9 Å². The van der Waals surface area contributed by atoms with Crippen molar-refractivity contribution in [3.8, 4) is 0 Å². The van der Waals surface area contributed by atoms with Crippen molar-refractivity contribution in [2.45, 2.75) is 44.1 Å². The number of rotatable bonds is 5. The second-order valence-corrected chi connectivity index (χ2v) is 10.8. The van der Waals surface area contributed by atoms with Gasteiger partial charge in [-0.25, -0.2) is 13.4 Å². The van der Waals surface area contributed by atoms with E-state index in [0.717, 1.165) is 32.4 Å². The van der Waals surface area contributed by atoms with Crippen molar-refractivity contribution in [2.24, 2.45) is 18.9 Å². The first kappa shape index (κ1) is 22.0. The molecule has 4 rings (SSSR count). The molecule has 2 fully saturated rings. The van der Waals surface area contributed by atoms with Gasteiger partial charge < -0.3 is 9.47 Å². The molecule has 0 unspecified atom stereocenters. The van der Waals surface area contributed by atoms with Crippen molar-refractivity contribution in [3.05, 3.63) is 47.9 Å². The van der Waals surface area contributed by atoms with Crippen LogP contribution in [-0.2, 0) is 28.3 Å². The van der Waals surface area contributed by atoms with Crippen LogP contribution in [0.4, 0.5) is 0 Å². The van der Waals surface area contributed by atoms with Crippen molar-refractivity contribution in [1.82, 2.24) is 18.8 Å². The maximum Gasteiger partial charge on any atom is 0.262 e. The minimum Gasteiger partial charge on any atom is -0.342 e.